The van der Waals surface area contributed by atoms with Crippen LogP contribution < -0.4 is 20.1 Å². The molecule has 3 N–H and O–H groups in total. The first-order valence-corrected chi connectivity index (χ1v) is 18.3. The molecule has 4 aromatic rings. The summed E-state index contributed by atoms with van der Waals surface area (Å²) in [5.41, 5.74) is -0.823. The Balaban J connectivity index is 1.44. The van der Waals surface area contributed by atoms with Gasteiger partial charge in [-0.25, -0.2) is 23.3 Å². The number of nitrogens with one attached hydrogen (secondary N) is 3. The summed E-state index contributed by atoms with van der Waals surface area (Å²) in [6.45, 7) is 12.5. The van der Waals surface area contributed by atoms with Crippen molar-refractivity contribution in [3.63, 3.8) is 0 Å². The van der Waals surface area contributed by atoms with Crippen LogP contribution in [-0.4, -0.2) is 95.8 Å². The van der Waals surface area contributed by atoms with Gasteiger partial charge in [0.2, 0.25) is 5.91 Å². The Hall–Kier alpha value is -4.25. The van der Waals surface area contributed by atoms with E-state index in [0.717, 1.165) is 6.07 Å². The molecular formula is C35H48F2N7O8P. The van der Waals surface area contributed by atoms with E-state index in [4.69, 9.17) is 27.8 Å². The number of carbonyl (C=O) groups excluding carboxylic acids is 1. The summed E-state index contributed by atoms with van der Waals surface area (Å²) in [6, 6.07) is 8.60. The summed E-state index contributed by atoms with van der Waals surface area (Å²) in [5, 5.41) is 13.0. The lowest BCUT2D eigenvalue weighted by molar-refractivity contribution is -0.115. The molecule has 0 aliphatic heterocycles. The summed E-state index contributed by atoms with van der Waals surface area (Å²) in [6.07, 6.45) is 1.19. The molecule has 290 valence electrons. The molecule has 0 unspecified atom stereocenters. The zero-order valence-electron chi connectivity index (χ0n) is 31.2. The predicted molar refractivity (Wildman–Crippen MR) is 196 cm³/mol. The number of methoxy groups -OCH3 is 1. The van der Waals surface area contributed by atoms with Crippen molar-refractivity contribution in [1.29, 1.82) is 0 Å². The lowest BCUT2D eigenvalue weighted by Gasteiger charge is -2.31. The fraction of sp³-hybridized carbons (Fsp3) is 0.486. The third-order valence-corrected chi connectivity index (χ3v) is 8.95. The van der Waals surface area contributed by atoms with E-state index in [9.17, 15) is 18.1 Å². The third kappa shape index (κ3) is 13.3. The van der Waals surface area contributed by atoms with Crippen molar-refractivity contribution in [2.45, 2.75) is 59.2 Å². The number of H-pyrrole nitrogens is 1. The quantitative estimate of drug-likeness (QED) is 0.0686. The van der Waals surface area contributed by atoms with E-state index >= 15 is 0 Å². The van der Waals surface area contributed by atoms with Gasteiger partial charge in [-0.05, 0) is 60.7 Å². The van der Waals surface area contributed by atoms with E-state index in [0.29, 0.717) is 66.0 Å². The lowest BCUT2D eigenvalue weighted by Crippen LogP contribution is -2.29. The summed E-state index contributed by atoms with van der Waals surface area (Å²) >= 11 is 0. The normalized spacial score (nSPS) is 12.4. The second kappa shape index (κ2) is 18.2. The first-order valence-electron chi connectivity index (χ1n) is 16.9. The van der Waals surface area contributed by atoms with Crippen LogP contribution in [-0.2, 0) is 34.1 Å². The fourth-order valence-corrected chi connectivity index (χ4v) is 6.53. The van der Waals surface area contributed by atoms with Gasteiger partial charge in [-0.15, -0.1) is 0 Å². The van der Waals surface area contributed by atoms with Gasteiger partial charge in [0, 0.05) is 44.1 Å². The van der Waals surface area contributed by atoms with Crippen LogP contribution in [0.5, 0.6) is 11.5 Å². The van der Waals surface area contributed by atoms with Crippen LogP contribution in [0.3, 0.4) is 0 Å². The summed E-state index contributed by atoms with van der Waals surface area (Å²) < 4.78 is 75.3. The highest BCUT2D eigenvalue weighted by atomic mass is 31.2. The SMILES string of the molecule is COCCOc1cc(OCCN(C)CCOP(=O)(OC(C)(C)C)OC(C)(C)C)c2c(Nc3cc(CC(=O)Nc4cccc(F)c4F)[nH]n3)ncnc2c1. The van der Waals surface area contributed by atoms with Crippen LogP contribution in [0, 0.1) is 11.6 Å². The monoisotopic (exact) mass is 763 g/mol. The topological polar surface area (TPSA) is 171 Å². The van der Waals surface area contributed by atoms with Crippen LogP contribution in [0.1, 0.15) is 47.2 Å². The third-order valence-electron chi connectivity index (χ3n) is 6.91. The van der Waals surface area contributed by atoms with E-state index in [1.165, 1.54) is 18.5 Å². The van der Waals surface area contributed by atoms with Gasteiger partial charge in [-0.2, -0.15) is 5.10 Å². The highest BCUT2D eigenvalue weighted by Crippen LogP contribution is 2.55. The van der Waals surface area contributed by atoms with E-state index in [2.05, 4.69) is 30.8 Å². The molecule has 1 amide bonds. The largest absolute Gasteiger partial charge is 0.491 e. The molecule has 0 bridgehead atoms. The Morgan fingerprint density at radius 2 is 1.66 bits per heavy atom. The maximum atomic E-state index is 14.0. The number of fused-ring (bicyclic) bond motifs is 1. The minimum absolute atomic E-state index is 0.0859. The molecule has 0 fully saturated rings. The van der Waals surface area contributed by atoms with Crippen molar-refractivity contribution in [2.75, 3.05) is 64.3 Å². The molecular weight excluding hydrogens is 715 g/mol. The van der Waals surface area contributed by atoms with Crippen molar-refractivity contribution in [1.82, 2.24) is 25.1 Å². The number of likely N-dealkylation sites (N-methyl/N-ethyl adjacent to an activating group) is 1. The van der Waals surface area contributed by atoms with E-state index in [-0.39, 0.29) is 25.3 Å². The number of halogens is 2. The molecule has 0 aliphatic rings. The Morgan fingerprint density at radius 3 is 2.36 bits per heavy atom. The average Bonchev–Trinajstić information content (AvgIpc) is 3.47. The van der Waals surface area contributed by atoms with Gasteiger partial charge >= 0.3 is 7.82 Å². The van der Waals surface area contributed by atoms with E-state index in [1.807, 2.05) is 11.9 Å². The summed E-state index contributed by atoms with van der Waals surface area (Å²) in [4.78, 5) is 23.3. The number of hydrogen-bond acceptors (Lipinski definition) is 13. The summed E-state index contributed by atoms with van der Waals surface area (Å²) in [5.74, 6) is -1.15. The van der Waals surface area contributed by atoms with Crippen molar-refractivity contribution < 1.29 is 45.9 Å². The minimum Gasteiger partial charge on any atom is -0.491 e. The minimum atomic E-state index is -3.85. The molecule has 2 aromatic heterocycles. The summed E-state index contributed by atoms with van der Waals surface area (Å²) in [7, 11) is -0.400. The maximum Gasteiger partial charge on any atom is 0.475 e. The van der Waals surface area contributed by atoms with Gasteiger partial charge in [0.05, 0.1) is 47.4 Å². The Labute approximate surface area is 307 Å². The van der Waals surface area contributed by atoms with Crippen molar-refractivity contribution in [2.24, 2.45) is 0 Å². The Morgan fingerprint density at radius 1 is 0.943 bits per heavy atom. The van der Waals surface area contributed by atoms with Gasteiger partial charge in [0.25, 0.3) is 0 Å². The van der Waals surface area contributed by atoms with Crippen molar-refractivity contribution >= 4 is 42.0 Å². The van der Waals surface area contributed by atoms with E-state index in [1.54, 1.807) is 66.9 Å². The predicted octanol–water partition coefficient (Wildman–Crippen LogP) is 6.65. The molecule has 53 heavy (non-hydrogen) atoms. The Bertz CT molecular complexity index is 1860. The van der Waals surface area contributed by atoms with Crippen LogP contribution in [0.4, 0.5) is 26.1 Å². The molecule has 2 aromatic carbocycles. The molecule has 2 heterocycles. The zero-order chi connectivity index (χ0) is 38.8. The smallest absolute Gasteiger partial charge is 0.475 e. The number of aromatic amines is 1. The van der Waals surface area contributed by atoms with Gasteiger partial charge in [-0.3, -0.25) is 23.5 Å². The van der Waals surface area contributed by atoms with Crippen LogP contribution in [0.2, 0.25) is 0 Å². The molecule has 0 atom stereocenters. The number of rotatable bonds is 19. The first kappa shape index (κ1) is 41.5. The molecule has 0 radical (unpaired) electrons. The van der Waals surface area contributed by atoms with Crippen LogP contribution in [0.25, 0.3) is 10.9 Å². The van der Waals surface area contributed by atoms with E-state index < -0.39 is 36.6 Å². The number of benzene rings is 2. The first-order chi connectivity index (χ1) is 24.9. The average molecular weight is 764 g/mol. The second-order valence-electron chi connectivity index (χ2n) is 13.9. The van der Waals surface area contributed by atoms with Gasteiger partial charge in [0.1, 0.15) is 36.9 Å². The number of phosphoric ester groups is 1. The molecule has 18 heteroatoms. The fourth-order valence-electron chi connectivity index (χ4n) is 4.74. The number of carbonyl (C=O) groups is 1. The Kier molecular flexibility index (Phi) is 14.2. The number of amides is 1. The zero-order valence-corrected chi connectivity index (χ0v) is 32.1. The highest BCUT2D eigenvalue weighted by molar-refractivity contribution is 7.48. The molecule has 0 saturated carbocycles. The standard InChI is InChI=1S/C35H48F2N7O8P/c1-34(2,3)51-53(46,52-35(4,5)6)50-15-13-44(7)12-14-49-28-21-24(48-17-16-47-8)20-27-31(28)33(39-22-38-27)41-29-18-23(42-43-29)19-30(45)40-26-11-9-10-25(36)32(26)37/h9-11,18,20-22H,12-17,19H2,1-8H3,(H,40,45)(H2,38,39,41,42,43). The number of ether oxygens (including phenoxy) is 3. The second-order valence-corrected chi connectivity index (χ2v) is 15.5. The number of anilines is 3. The molecule has 0 spiro atoms. The van der Waals surface area contributed by atoms with Gasteiger partial charge < -0.3 is 29.7 Å². The molecule has 15 nitrogen and oxygen atoms in total. The number of hydrogen-bond donors (Lipinski definition) is 3. The highest BCUT2D eigenvalue weighted by Gasteiger charge is 2.37. The number of nitrogens with zero attached hydrogens (tertiary/aromatic N) is 4. The maximum absolute atomic E-state index is 14.0. The molecule has 0 saturated heterocycles. The lowest BCUT2D eigenvalue weighted by atomic mass is 10.2. The van der Waals surface area contributed by atoms with Crippen molar-refractivity contribution in [3.05, 3.63) is 60.1 Å². The van der Waals surface area contributed by atoms with Crippen LogP contribution >= 0.6 is 7.82 Å². The molecule has 0 aliphatic carbocycles. The molecule has 4 rings (SSSR count). The van der Waals surface area contributed by atoms with Crippen molar-refractivity contribution in [3.8, 4) is 11.5 Å². The van der Waals surface area contributed by atoms with Gasteiger partial charge in [-0.1, -0.05) is 6.07 Å². The number of aromatic nitrogens is 4. The van der Waals surface area contributed by atoms with Crippen LogP contribution in [0.15, 0.2) is 42.7 Å². The number of phosphoric acid groups is 1. The van der Waals surface area contributed by atoms with Gasteiger partial charge in [0.15, 0.2) is 17.5 Å².